The molecule has 0 nitrogen and oxygen atoms in total. The molecule has 104 valence electrons. The third-order valence-corrected chi connectivity index (χ3v) is 3.53. The molecule has 0 fully saturated rings. The van der Waals surface area contributed by atoms with E-state index in [1.807, 2.05) is 13.8 Å². The van der Waals surface area contributed by atoms with Crippen LogP contribution in [0.25, 0.3) is 0 Å². The summed E-state index contributed by atoms with van der Waals surface area (Å²) in [7, 11) is 2.79. The van der Waals surface area contributed by atoms with Gasteiger partial charge in [0, 0.05) is 0 Å². The molecule has 0 aromatic heterocycles. The Morgan fingerprint density at radius 1 is 1.17 bits per heavy atom. The van der Waals surface area contributed by atoms with Crippen molar-refractivity contribution in [1.29, 1.82) is 0 Å². The molecule has 0 heterocycles. The maximum Gasteiger partial charge on any atom is -0.0253 e. The minimum atomic E-state index is 0.439. The van der Waals surface area contributed by atoms with Gasteiger partial charge in [-0.1, -0.05) is 59.7 Å². The van der Waals surface area contributed by atoms with Gasteiger partial charge < -0.3 is 0 Å². The summed E-state index contributed by atoms with van der Waals surface area (Å²) < 4.78 is 0. The molecule has 2 unspecified atom stereocenters. The Morgan fingerprint density at radius 3 is 2.17 bits per heavy atom. The Bertz CT molecular complexity index is 347. The highest BCUT2D eigenvalue weighted by Crippen LogP contribution is 2.26. The fourth-order valence-electron chi connectivity index (χ4n) is 2.38. The van der Waals surface area contributed by atoms with Crippen molar-refractivity contribution in [3.05, 3.63) is 29.3 Å². The molecular formula is C17H31P. The van der Waals surface area contributed by atoms with Crippen molar-refractivity contribution in [3.8, 4) is 0 Å². The van der Waals surface area contributed by atoms with Gasteiger partial charge in [-0.05, 0) is 47.5 Å². The van der Waals surface area contributed by atoms with Crippen molar-refractivity contribution >= 4 is 14.5 Å². The molecule has 0 aliphatic carbocycles. The van der Waals surface area contributed by atoms with E-state index in [1.54, 1.807) is 0 Å². The van der Waals surface area contributed by atoms with Crippen LogP contribution < -0.4 is 5.30 Å². The maximum atomic E-state index is 2.79. The van der Waals surface area contributed by atoms with E-state index in [9.17, 15) is 0 Å². The van der Waals surface area contributed by atoms with E-state index in [0.717, 1.165) is 5.92 Å². The first-order valence-corrected chi connectivity index (χ1v) is 7.71. The third kappa shape index (κ3) is 7.17. The minimum Gasteiger partial charge on any atom is -0.105 e. The molecule has 0 bridgehead atoms. The summed E-state index contributed by atoms with van der Waals surface area (Å²) in [6, 6.07) is 6.79. The predicted octanol–water partition coefficient (Wildman–Crippen LogP) is 5.14. The van der Waals surface area contributed by atoms with Crippen molar-refractivity contribution in [2.75, 3.05) is 0 Å². The molecule has 0 N–H and O–H groups in total. The molecule has 0 amide bonds. The van der Waals surface area contributed by atoms with Gasteiger partial charge in [0.05, 0.1) is 0 Å². The normalized spacial score (nSPS) is 12.7. The van der Waals surface area contributed by atoms with E-state index in [1.165, 1.54) is 29.3 Å². The molecule has 1 aromatic rings. The molecule has 0 aliphatic heterocycles. The molecule has 2 atom stereocenters. The zero-order valence-electron chi connectivity index (χ0n) is 13.3. The molecular weight excluding hydrogens is 235 g/mol. The topological polar surface area (TPSA) is 0 Å². The van der Waals surface area contributed by atoms with Gasteiger partial charge in [-0.15, -0.1) is 9.24 Å². The van der Waals surface area contributed by atoms with Gasteiger partial charge in [0.1, 0.15) is 0 Å². The Labute approximate surface area is 117 Å². The maximum absolute atomic E-state index is 2.79. The third-order valence-electron chi connectivity index (χ3n) is 2.88. The van der Waals surface area contributed by atoms with E-state index in [4.69, 9.17) is 0 Å². The van der Waals surface area contributed by atoms with Crippen LogP contribution in [0.5, 0.6) is 0 Å². The molecule has 0 aliphatic rings. The van der Waals surface area contributed by atoms with Crippen molar-refractivity contribution in [2.45, 2.75) is 61.3 Å². The second-order valence-electron chi connectivity index (χ2n) is 6.27. The van der Waals surface area contributed by atoms with Crippen LogP contribution in [0.15, 0.2) is 18.2 Å². The first-order valence-electron chi connectivity index (χ1n) is 7.13. The summed E-state index contributed by atoms with van der Waals surface area (Å²) in [5.41, 5.74) is 3.29. The molecule has 1 heteroatoms. The predicted molar refractivity (Wildman–Crippen MR) is 88.8 cm³/mol. The van der Waals surface area contributed by atoms with E-state index < -0.39 is 0 Å². The Kier molecular flexibility index (Phi) is 7.79. The quantitative estimate of drug-likeness (QED) is 0.665. The summed E-state index contributed by atoms with van der Waals surface area (Å²) in [6.45, 7) is 15.5. The van der Waals surface area contributed by atoms with Gasteiger partial charge in [0.15, 0.2) is 0 Å². The lowest BCUT2D eigenvalue weighted by molar-refractivity contribution is 0.306. The highest BCUT2D eigenvalue weighted by Gasteiger charge is 2.15. The van der Waals surface area contributed by atoms with Crippen molar-refractivity contribution in [1.82, 2.24) is 0 Å². The lowest BCUT2D eigenvalue weighted by Gasteiger charge is -2.23. The minimum absolute atomic E-state index is 0.439. The van der Waals surface area contributed by atoms with Gasteiger partial charge >= 0.3 is 0 Å². The number of hydrogen-bond acceptors (Lipinski definition) is 0. The highest BCUT2D eigenvalue weighted by atomic mass is 31.0. The van der Waals surface area contributed by atoms with Crippen LogP contribution in [0.1, 0.15) is 59.1 Å². The smallest absolute Gasteiger partial charge is 0.0253 e. The highest BCUT2D eigenvalue weighted by molar-refractivity contribution is 7.27. The van der Waals surface area contributed by atoms with E-state index in [0.29, 0.717) is 5.41 Å². The van der Waals surface area contributed by atoms with Crippen LogP contribution in [0.2, 0.25) is 0 Å². The Hall–Kier alpha value is -0.350. The van der Waals surface area contributed by atoms with Crippen LogP contribution in [-0.2, 0) is 6.42 Å². The number of aryl methyl sites for hydroxylation is 1. The van der Waals surface area contributed by atoms with Gasteiger partial charge in [0.2, 0.25) is 0 Å². The van der Waals surface area contributed by atoms with Gasteiger partial charge in [-0.3, -0.25) is 0 Å². The van der Waals surface area contributed by atoms with Crippen molar-refractivity contribution in [3.63, 3.8) is 0 Å². The number of rotatable bonds is 3. The molecule has 1 rings (SSSR count). The summed E-state index contributed by atoms with van der Waals surface area (Å²) in [6.07, 6.45) is 2.48. The lowest BCUT2D eigenvalue weighted by atomic mass is 9.83. The number of hydrogen-bond donors (Lipinski definition) is 0. The van der Waals surface area contributed by atoms with Crippen molar-refractivity contribution in [2.24, 2.45) is 11.3 Å². The summed E-state index contributed by atoms with van der Waals surface area (Å²) in [5, 5.41) is 1.31. The lowest BCUT2D eigenvalue weighted by Crippen LogP contribution is -2.13. The zero-order chi connectivity index (χ0) is 14.3. The molecule has 0 spiro atoms. The zero-order valence-corrected chi connectivity index (χ0v) is 14.5. The summed E-state index contributed by atoms with van der Waals surface area (Å²) >= 11 is 0. The van der Waals surface area contributed by atoms with Gasteiger partial charge in [0.25, 0.3) is 0 Å². The molecule has 1 aromatic carbocycles. The van der Waals surface area contributed by atoms with Crippen LogP contribution in [0.4, 0.5) is 0 Å². The molecule has 0 radical (unpaired) electrons. The van der Waals surface area contributed by atoms with Crippen LogP contribution >= 0.6 is 9.24 Å². The van der Waals surface area contributed by atoms with Crippen LogP contribution in [-0.4, -0.2) is 0 Å². The summed E-state index contributed by atoms with van der Waals surface area (Å²) in [5.74, 6) is 0.759. The SMILES string of the molecule is CC.Cc1cc(CC(C)CC(C)(C)C)ccc1P. The van der Waals surface area contributed by atoms with E-state index >= 15 is 0 Å². The second kappa shape index (κ2) is 7.95. The summed E-state index contributed by atoms with van der Waals surface area (Å²) in [4.78, 5) is 0. The Balaban J connectivity index is 0.00000137. The second-order valence-corrected chi connectivity index (χ2v) is 6.89. The standard InChI is InChI=1S/C15H25P.C2H6/c1-11(10-15(3,4)5)8-13-6-7-14(16)12(2)9-13;1-2/h6-7,9,11H,8,10,16H2,1-5H3;1-2H3. The van der Waals surface area contributed by atoms with E-state index in [-0.39, 0.29) is 0 Å². The van der Waals surface area contributed by atoms with E-state index in [2.05, 4.69) is 62.1 Å². The Morgan fingerprint density at radius 2 is 1.72 bits per heavy atom. The molecule has 0 saturated heterocycles. The van der Waals surface area contributed by atoms with Gasteiger partial charge in [-0.25, -0.2) is 0 Å². The van der Waals surface area contributed by atoms with Crippen molar-refractivity contribution < 1.29 is 0 Å². The molecule has 18 heavy (non-hydrogen) atoms. The van der Waals surface area contributed by atoms with Gasteiger partial charge in [-0.2, -0.15) is 0 Å². The van der Waals surface area contributed by atoms with Crippen LogP contribution in [0, 0.1) is 18.3 Å². The fraction of sp³-hybridized carbons (Fsp3) is 0.647. The molecule has 0 saturated carbocycles. The average molecular weight is 266 g/mol. The monoisotopic (exact) mass is 266 g/mol. The largest absolute Gasteiger partial charge is 0.105 e. The van der Waals surface area contributed by atoms with Crippen LogP contribution in [0.3, 0.4) is 0 Å². The number of benzene rings is 1. The first-order chi connectivity index (χ1) is 8.28. The fourth-order valence-corrected chi connectivity index (χ4v) is 2.56. The first kappa shape index (κ1) is 17.6. The average Bonchev–Trinajstić information content (AvgIpc) is 2.24.